The standard InChI is InChI=1S/C8H12N4O/c1-3-4-6-5(2)10-8(12-9)11-7(6)13/h3H,1,4,9H2,2H3,(H2,10,11,12,13). The Morgan fingerprint density at radius 3 is 2.92 bits per heavy atom. The summed E-state index contributed by atoms with van der Waals surface area (Å²) in [5.41, 5.74) is 3.39. The smallest absolute Gasteiger partial charge is 0.256 e. The van der Waals surface area contributed by atoms with Crippen molar-refractivity contribution in [2.24, 2.45) is 5.84 Å². The maximum absolute atomic E-state index is 11.4. The SMILES string of the molecule is C=CCc1c(C)nc(NN)[nH]c1=O. The largest absolute Gasteiger partial charge is 0.294 e. The van der Waals surface area contributed by atoms with Gasteiger partial charge in [-0.1, -0.05) is 6.08 Å². The van der Waals surface area contributed by atoms with E-state index >= 15 is 0 Å². The molecule has 0 aliphatic rings. The first-order chi connectivity index (χ1) is 6.19. The molecule has 0 spiro atoms. The third-order valence-corrected chi connectivity index (χ3v) is 1.71. The van der Waals surface area contributed by atoms with Crippen molar-refractivity contribution in [3.63, 3.8) is 0 Å². The molecule has 1 heterocycles. The van der Waals surface area contributed by atoms with Gasteiger partial charge in [0.2, 0.25) is 5.95 Å². The van der Waals surface area contributed by atoms with E-state index in [2.05, 4.69) is 22.0 Å². The normalized spacial score (nSPS) is 9.69. The van der Waals surface area contributed by atoms with E-state index in [1.165, 1.54) is 0 Å². The van der Waals surface area contributed by atoms with Crippen LogP contribution in [0, 0.1) is 6.92 Å². The van der Waals surface area contributed by atoms with Gasteiger partial charge in [0.25, 0.3) is 5.56 Å². The molecule has 0 radical (unpaired) electrons. The van der Waals surface area contributed by atoms with E-state index in [1.54, 1.807) is 13.0 Å². The molecule has 13 heavy (non-hydrogen) atoms. The maximum Gasteiger partial charge on any atom is 0.256 e. The fourth-order valence-corrected chi connectivity index (χ4v) is 1.06. The number of nitrogens with zero attached hydrogens (tertiary/aromatic N) is 1. The lowest BCUT2D eigenvalue weighted by Gasteiger charge is -2.03. The van der Waals surface area contributed by atoms with E-state index in [0.29, 0.717) is 17.7 Å². The van der Waals surface area contributed by atoms with Gasteiger partial charge < -0.3 is 0 Å². The second kappa shape index (κ2) is 3.86. The number of aromatic amines is 1. The van der Waals surface area contributed by atoms with E-state index in [-0.39, 0.29) is 11.5 Å². The van der Waals surface area contributed by atoms with Gasteiger partial charge in [0.1, 0.15) is 0 Å². The lowest BCUT2D eigenvalue weighted by Crippen LogP contribution is -2.21. The van der Waals surface area contributed by atoms with Crippen LogP contribution in [0.3, 0.4) is 0 Å². The summed E-state index contributed by atoms with van der Waals surface area (Å²) in [7, 11) is 0. The molecule has 0 unspecified atom stereocenters. The van der Waals surface area contributed by atoms with Crippen molar-refractivity contribution in [1.82, 2.24) is 9.97 Å². The predicted octanol–water partition coefficient (Wildman–Crippen LogP) is 0.0924. The average molecular weight is 180 g/mol. The molecule has 5 heteroatoms. The summed E-state index contributed by atoms with van der Waals surface area (Å²) in [6.07, 6.45) is 2.17. The van der Waals surface area contributed by atoms with Crippen molar-refractivity contribution in [3.05, 3.63) is 34.3 Å². The second-order valence-electron chi connectivity index (χ2n) is 2.62. The number of hydrazine groups is 1. The molecule has 1 aromatic heterocycles. The van der Waals surface area contributed by atoms with E-state index in [1.807, 2.05) is 0 Å². The monoisotopic (exact) mass is 180 g/mol. The summed E-state index contributed by atoms with van der Waals surface area (Å²) in [5.74, 6) is 5.38. The van der Waals surface area contributed by atoms with Crippen LogP contribution in [0.5, 0.6) is 0 Å². The molecule has 0 amide bonds. The van der Waals surface area contributed by atoms with Crippen LogP contribution in [0.1, 0.15) is 11.3 Å². The molecular formula is C8H12N4O. The topological polar surface area (TPSA) is 83.8 Å². The number of anilines is 1. The van der Waals surface area contributed by atoms with Gasteiger partial charge in [-0.3, -0.25) is 15.2 Å². The summed E-state index contributed by atoms with van der Waals surface area (Å²) in [6.45, 7) is 5.32. The lowest BCUT2D eigenvalue weighted by molar-refractivity contribution is 0.983. The lowest BCUT2D eigenvalue weighted by atomic mass is 10.2. The number of hydrogen-bond donors (Lipinski definition) is 3. The Kier molecular flexibility index (Phi) is 2.81. The van der Waals surface area contributed by atoms with Crippen LogP contribution in [-0.4, -0.2) is 9.97 Å². The third kappa shape index (κ3) is 1.94. The number of rotatable bonds is 3. The third-order valence-electron chi connectivity index (χ3n) is 1.71. The number of aromatic nitrogens is 2. The molecule has 0 bridgehead atoms. The van der Waals surface area contributed by atoms with E-state index in [9.17, 15) is 4.79 Å². The Hall–Kier alpha value is -1.62. The molecule has 0 fully saturated rings. The van der Waals surface area contributed by atoms with Gasteiger partial charge in [-0.05, 0) is 13.3 Å². The number of aryl methyl sites for hydroxylation is 1. The molecule has 0 aliphatic heterocycles. The van der Waals surface area contributed by atoms with E-state index in [4.69, 9.17) is 5.84 Å². The zero-order valence-electron chi connectivity index (χ0n) is 7.42. The summed E-state index contributed by atoms with van der Waals surface area (Å²) in [4.78, 5) is 17.9. The van der Waals surface area contributed by atoms with Crippen LogP contribution in [0.4, 0.5) is 5.95 Å². The molecule has 1 aromatic rings. The van der Waals surface area contributed by atoms with Crippen LogP contribution in [0.15, 0.2) is 17.4 Å². The minimum atomic E-state index is -0.180. The highest BCUT2D eigenvalue weighted by atomic mass is 16.1. The maximum atomic E-state index is 11.4. The molecular weight excluding hydrogens is 168 g/mol. The van der Waals surface area contributed by atoms with Crippen LogP contribution < -0.4 is 16.8 Å². The van der Waals surface area contributed by atoms with Crippen LogP contribution in [-0.2, 0) is 6.42 Å². The molecule has 70 valence electrons. The van der Waals surface area contributed by atoms with Gasteiger partial charge in [0.15, 0.2) is 0 Å². The number of allylic oxidation sites excluding steroid dienone is 1. The number of nitrogens with one attached hydrogen (secondary N) is 2. The van der Waals surface area contributed by atoms with E-state index < -0.39 is 0 Å². The number of H-pyrrole nitrogens is 1. The van der Waals surface area contributed by atoms with Crippen molar-refractivity contribution in [2.75, 3.05) is 5.43 Å². The average Bonchev–Trinajstić information content (AvgIpc) is 2.11. The highest BCUT2D eigenvalue weighted by Crippen LogP contribution is 2.02. The summed E-state index contributed by atoms with van der Waals surface area (Å²) >= 11 is 0. The molecule has 4 N–H and O–H groups in total. The van der Waals surface area contributed by atoms with Crippen molar-refractivity contribution < 1.29 is 0 Å². The fraction of sp³-hybridized carbons (Fsp3) is 0.250. The van der Waals surface area contributed by atoms with Crippen molar-refractivity contribution >= 4 is 5.95 Å². The molecule has 0 atom stereocenters. The van der Waals surface area contributed by atoms with Crippen LogP contribution >= 0.6 is 0 Å². The number of nitrogen functional groups attached to an aromatic ring is 1. The Morgan fingerprint density at radius 1 is 1.77 bits per heavy atom. The molecule has 0 saturated carbocycles. The second-order valence-corrected chi connectivity index (χ2v) is 2.62. The highest BCUT2D eigenvalue weighted by molar-refractivity contribution is 5.28. The Balaban J connectivity index is 3.23. The summed E-state index contributed by atoms with van der Waals surface area (Å²) in [6, 6.07) is 0. The first kappa shape index (κ1) is 9.47. The minimum Gasteiger partial charge on any atom is -0.294 e. The Labute approximate surface area is 75.7 Å². The summed E-state index contributed by atoms with van der Waals surface area (Å²) < 4.78 is 0. The van der Waals surface area contributed by atoms with E-state index in [0.717, 1.165) is 0 Å². The van der Waals surface area contributed by atoms with Gasteiger partial charge >= 0.3 is 0 Å². The van der Waals surface area contributed by atoms with Gasteiger partial charge in [0, 0.05) is 5.56 Å². The zero-order chi connectivity index (χ0) is 9.84. The van der Waals surface area contributed by atoms with Crippen LogP contribution in [0.2, 0.25) is 0 Å². The van der Waals surface area contributed by atoms with Gasteiger partial charge in [-0.15, -0.1) is 6.58 Å². The van der Waals surface area contributed by atoms with Gasteiger partial charge in [-0.25, -0.2) is 10.8 Å². The minimum absolute atomic E-state index is 0.180. The summed E-state index contributed by atoms with van der Waals surface area (Å²) in [5, 5.41) is 0. The van der Waals surface area contributed by atoms with Crippen LogP contribution in [0.25, 0.3) is 0 Å². The Bertz CT molecular complexity index is 369. The van der Waals surface area contributed by atoms with Gasteiger partial charge in [0.05, 0.1) is 5.69 Å². The van der Waals surface area contributed by atoms with Gasteiger partial charge in [-0.2, -0.15) is 0 Å². The predicted molar refractivity (Wildman–Crippen MR) is 51.3 cm³/mol. The highest BCUT2D eigenvalue weighted by Gasteiger charge is 2.04. The molecule has 0 aliphatic carbocycles. The fourth-order valence-electron chi connectivity index (χ4n) is 1.06. The molecule has 0 aromatic carbocycles. The molecule has 0 saturated heterocycles. The quantitative estimate of drug-likeness (QED) is 0.350. The Morgan fingerprint density at radius 2 is 2.46 bits per heavy atom. The molecule has 1 rings (SSSR count). The van der Waals surface area contributed by atoms with Crippen molar-refractivity contribution in [3.8, 4) is 0 Å². The van der Waals surface area contributed by atoms with Crippen molar-refractivity contribution in [1.29, 1.82) is 0 Å². The van der Waals surface area contributed by atoms with Crippen molar-refractivity contribution in [2.45, 2.75) is 13.3 Å². The first-order valence-corrected chi connectivity index (χ1v) is 3.86. The molecule has 5 nitrogen and oxygen atoms in total. The number of hydrogen-bond acceptors (Lipinski definition) is 4. The number of nitrogens with two attached hydrogens (primary N) is 1. The zero-order valence-corrected chi connectivity index (χ0v) is 7.42. The first-order valence-electron chi connectivity index (χ1n) is 3.86.